The molecule has 0 bridgehead atoms. The number of benzene rings is 2. The molecule has 0 radical (unpaired) electrons. The molecule has 4 rings (SSSR count). The van der Waals surface area contributed by atoms with Gasteiger partial charge in [-0.25, -0.2) is 22.2 Å². The highest BCUT2D eigenvalue weighted by atomic mass is 35.5. The van der Waals surface area contributed by atoms with E-state index in [1.165, 1.54) is 39.5 Å². The highest BCUT2D eigenvalue weighted by molar-refractivity contribution is 7.89. The van der Waals surface area contributed by atoms with E-state index >= 15 is 0 Å². The van der Waals surface area contributed by atoms with Gasteiger partial charge in [0.1, 0.15) is 11.3 Å². The van der Waals surface area contributed by atoms with Crippen molar-refractivity contribution in [1.29, 1.82) is 0 Å². The molecule has 1 unspecified atom stereocenters. The van der Waals surface area contributed by atoms with E-state index in [1.807, 2.05) is 25.9 Å². The zero-order valence-corrected chi connectivity index (χ0v) is 23.4. The minimum atomic E-state index is -3.64. The van der Waals surface area contributed by atoms with Gasteiger partial charge in [0.2, 0.25) is 10.0 Å². The molecule has 0 N–H and O–H groups in total. The van der Waals surface area contributed by atoms with E-state index in [2.05, 4.69) is 4.98 Å². The summed E-state index contributed by atoms with van der Waals surface area (Å²) in [5, 5.41) is 0.261. The first kappa shape index (κ1) is 29.4. The standard InChI is InChI=1S/C25H30F2N4O3S2.ClH/c1-17-6-4-12-30(16-17)36(33,34)20-9-7-18(8-10-20)24(32)31(13-5-11-29(2)3)25-28-23-21(27)14-19(26)15-22(23)35-25;/h7-10,14-15,17H,4-6,11-13,16H2,1-3H3;1H. The molecule has 7 nitrogen and oxygen atoms in total. The number of nitrogens with zero attached hydrogens (tertiary/aromatic N) is 4. The van der Waals surface area contributed by atoms with Crippen LogP contribution in [0.4, 0.5) is 13.9 Å². The van der Waals surface area contributed by atoms with Crippen molar-refractivity contribution in [3.8, 4) is 0 Å². The molecule has 1 aliphatic heterocycles. The summed E-state index contributed by atoms with van der Waals surface area (Å²) in [6.45, 7) is 4.03. The zero-order chi connectivity index (χ0) is 26.0. The fourth-order valence-electron chi connectivity index (χ4n) is 4.33. The van der Waals surface area contributed by atoms with Crippen LogP contribution in [-0.2, 0) is 10.0 Å². The first-order valence-electron chi connectivity index (χ1n) is 11.9. The monoisotopic (exact) mass is 572 g/mol. The lowest BCUT2D eigenvalue weighted by Gasteiger charge is -2.30. The van der Waals surface area contributed by atoms with Crippen LogP contribution in [0.25, 0.3) is 10.2 Å². The number of anilines is 1. The maximum absolute atomic E-state index is 14.3. The number of thiazole rings is 1. The fraction of sp³-hybridized carbons (Fsp3) is 0.440. The number of hydrogen-bond acceptors (Lipinski definition) is 6. The summed E-state index contributed by atoms with van der Waals surface area (Å²) < 4.78 is 56.0. The Morgan fingerprint density at radius 2 is 1.86 bits per heavy atom. The van der Waals surface area contributed by atoms with Crippen LogP contribution in [0.1, 0.15) is 36.5 Å². The van der Waals surface area contributed by atoms with Gasteiger partial charge in [-0.3, -0.25) is 9.69 Å². The Morgan fingerprint density at radius 3 is 2.51 bits per heavy atom. The number of hydrogen-bond donors (Lipinski definition) is 0. The number of rotatable bonds is 8. The lowest BCUT2D eigenvalue weighted by molar-refractivity contribution is 0.0986. The van der Waals surface area contributed by atoms with E-state index in [4.69, 9.17) is 0 Å². The van der Waals surface area contributed by atoms with E-state index in [0.29, 0.717) is 43.2 Å². The van der Waals surface area contributed by atoms with Crippen molar-refractivity contribution in [3.05, 3.63) is 53.6 Å². The van der Waals surface area contributed by atoms with Gasteiger partial charge in [0.15, 0.2) is 10.9 Å². The number of halogens is 3. The lowest BCUT2D eigenvalue weighted by atomic mass is 10.0. The summed E-state index contributed by atoms with van der Waals surface area (Å²) >= 11 is 1.04. The van der Waals surface area contributed by atoms with Crippen molar-refractivity contribution in [2.24, 2.45) is 5.92 Å². The smallest absolute Gasteiger partial charge is 0.260 e. The summed E-state index contributed by atoms with van der Waals surface area (Å²) in [5.41, 5.74) is 0.302. The summed E-state index contributed by atoms with van der Waals surface area (Å²) in [6.07, 6.45) is 2.46. The van der Waals surface area contributed by atoms with Crippen molar-refractivity contribution < 1.29 is 22.0 Å². The number of sulfonamides is 1. The van der Waals surface area contributed by atoms with Gasteiger partial charge in [0.25, 0.3) is 5.91 Å². The van der Waals surface area contributed by atoms with Gasteiger partial charge >= 0.3 is 0 Å². The largest absolute Gasteiger partial charge is 0.309 e. The third-order valence-corrected chi connectivity index (χ3v) is 9.13. The molecular formula is C25H31ClF2N4O3S2. The number of aromatic nitrogens is 1. The molecule has 1 atom stereocenters. The average molecular weight is 573 g/mol. The Balaban J connectivity index is 0.00000380. The Labute approximate surface area is 226 Å². The molecule has 1 amide bonds. The van der Waals surface area contributed by atoms with Crippen LogP contribution in [0, 0.1) is 17.6 Å². The van der Waals surface area contributed by atoms with Gasteiger partial charge in [-0.2, -0.15) is 4.31 Å². The molecule has 202 valence electrons. The first-order chi connectivity index (χ1) is 17.1. The molecule has 1 saturated heterocycles. The van der Waals surface area contributed by atoms with E-state index in [0.717, 1.165) is 30.2 Å². The topological polar surface area (TPSA) is 73.8 Å². The van der Waals surface area contributed by atoms with Crippen molar-refractivity contribution >= 4 is 55.0 Å². The third kappa shape index (κ3) is 6.64. The number of amides is 1. The van der Waals surface area contributed by atoms with Crippen LogP contribution in [0.5, 0.6) is 0 Å². The van der Waals surface area contributed by atoms with Crippen molar-refractivity contribution in [1.82, 2.24) is 14.2 Å². The van der Waals surface area contributed by atoms with E-state index < -0.39 is 21.7 Å². The lowest BCUT2D eigenvalue weighted by Crippen LogP contribution is -2.39. The Bertz CT molecular complexity index is 1350. The molecule has 12 heteroatoms. The summed E-state index contributed by atoms with van der Waals surface area (Å²) in [5.74, 6) is -1.57. The van der Waals surface area contributed by atoms with Crippen LogP contribution >= 0.6 is 23.7 Å². The van der Waals surface area contributed by atoms with Gasteiger partial charge < -0.3 is 4.90 Å². The fourth-order valence-corrected chi connectivity index (χ4v) is 6.96. The maximum Gasteiger partial charge on any atom is 0.260 e. The van der Waals surface area contributed by atoms with Crippen molar-refractivity contribution in [3.63, 3.8) is 0 Å². The Hall–Kier alpha value is -2.18. The summed E-state index contributed by atoms with van der Waals surface area (Å²) in [6, 6.07) is 7.86. The molecule has 2 heterocycles. The highest BCUT2D eigenvalue weighted by Gasteiger charge is 2.29. The van der Waals surface area contributed by atoms with Crippen LogP contribution in [0.15, 0.2) is 41.3 Å². The van der Waals surface area contributed by atoms with Crippen LogP contribution < -0.4 is 4.90 Å². The minimum absolute atomic E-state index is 0. The zero-order valence-electron chi connectivity index (χ0n) is 21.0. The third-order valence-electron chi connectivity index (χ3n) is 6.22. The van der Waals surface area contributed by atoms with Gasteiger partial charge in [0.05, 0.1) is 9.60 Å². The van der Waals surface area contributed by atoms with Gasteiger partial charge in [-0.15, -0.1) is 12.4 Å². The van der Waals surface area contributed by atoms with Crippen molar-refractivity contribution in [2.75, 3.05) is 45.2 Å². The molecule has 2 aromatic carbocycles. The average Bonchev–Trinajstić information content (AvgIpc) is 3.25. The molecule has 1 fully saturated rings. The quantitative estimate of drug-likeness (QED) is 0.379. The first-order valence-corrected chi connectivity index (χ1v) is 14.1. The molecule has 0 aliphatic carbocycles. The minimum Gasteiger partial charge on any atom is -0.309 e. The molecule has 0 saturated carbocycles. The van der Waals surface area contributed by atoms with E-state index in [-0.39, 0.29) is 39.4 Å². The van der Waals surface area contributed by atoms with E-state index in [1.54, 1.807) is 0 Å². The summed E-state index contributed by atoms with van der Waals surface area (Å²) in [4.78, 5) is 21.4. The highest BCUT2D eigenvalue weighted by Crippen LogP contribution is 2.32. The molecule has 1 aromatic heterocycles. The Morgan fingerprint density at radius 1 is 1.16 bits per heavy atom. The SMILES string of the molecule is CC1CCCN(S(=O)(=O)c2ccc(C(=O)N(CCCN(C)C)c3nc4c(F)cc(F)cc4s3)cc2)C1.Cl. The molecule has 1 aliphatic rings. The van der Waals surface area contributed by atoms with Gasteiger partial charge in [-0.1, -0.05) is 18.3 Å². The second-order valence-electron chi connectivity index (χ2n) is 9.48. The Kier molecular flexibility index (Phi) is 9.62. The van der Waals surface area contributed by atoms with Gasteiger partial charge in [-0.05, 0) is 76.2 Å². The van der Waals surface area contributed by atoms with Gasteiger partial charge in [0, 0.05) is 31.3 Å². The number of fused-ring (bicyclic) bond motifs is 1. The van der Waals surface area contributed by atoms with Crippen LogP contribution in [0.2, 0.25) is 0 Å². The molecular weight excluding hydrogens is 542 g/mol. The van der Waals surface area contributed by atoms with E-state index in [9.17, 15) is 22.0 Å². The molecule has 0 spiro atoms. The van der Waals surface area contributed by atoms with Crippen LogP contribution in [-0.4, -0.2) is 68.8 Å². The summed E-state index contributed by atoms with van der Waals surface area (Å²) in [7, 11) is 0.198. The number of piperidine rings is 1. The molecule has 3 aromatic rings. The normalized spacial score (nSPS) is 16.6. The second-order valence-corrected chi connectivity index (χ2v) is 12.4. The van der Waals surface area contributed by atoms with Crippen LogP contribution in [0.3, 0.4) is 0 Å². The predicted molar refractivity (Wildman–Crippen MR) is 145 cm³/mol. The molecule has 37 heavy (non-hydrogen) atoms. The maximum atomic E-state index is 14.3. The number of carbonyl (C=O) groups excluding carboxylic acids is 1. The number of carbonyl (C=O) groups is 1. The van der Waals surface area contributed by atoms with Crippen molar-refractivity contribution in [2.45, 2.75) is 31.1 Å². The predicted octanol–water partition coefficient (Wildman–Crippen LogP) is 5.02. The second kappa shape index (κ2) is 12.1.